The normalized spacial score (nSPS) is 18.0. The second-order valence-electron chi connectivity index (χ2n) is 4.13. The van der Waals surface area contributed by atoms with Gasteiger partial charge in [-0.1, -0.05) is 0 Å². The predicted molar refractivity (Wildman–Crippen MR) is 57.6 cm³/mol. The highest BCUT2D eigenvalue weighted by molar-refractivity contribution is 5.42. The third-order valence-corrected chi connectivity index (χ3v) is 3.17. The zero-order chi connectivity index (χ0) is 10.8. The van der Waals surface area contributed by atoms with E-state index < -0.39 is 0 Å². The van der Waals surface area contributed by atoms with E-state index in [2.05, 4.69) is 5.32 Å². The Morgan fingerprint density at radius 1 is 1.33 bits per heavy atom. The third-order valence-electron chi connectivity index (χ3n) is 3.17. The van der Waals surface area contributed by atoms with Gasteiger partial charge in [0.25, 0.3) is 0 Å². The minimum atomic E-state index is -0.221. The van der Waals surface area contributed by atoms with Crippen LogP contribution in [-0.2, 0) is 0 Å². The molecule has 0 aromatic heterocycles. The molecule has 1 fully saturated rings. The van der Waals surface area contributed by atoms with Crippen LogP contribution in [0.5, 0.6) is 5.75 Å². The summed E-state index contributed by atoms with van der Waals surface area (Å²) in [6.07, 6.45) is 1.94. The third kappa shape index (κ3) is 1.97. The van der Waals surface area contributed by atoms with E-state index >= 15 is 0 Å². The molecule has 0 aliphatic carbocycles. The maximum Gasteiger partial charge on any atom is 0.126 e. The van der Waals surface area contributed by atoms with Crippen molar-refractivity contribution >= 4 is 0 Å². The molecule has 0 spiro atoms. The summed E-state index contributed by atoms with van der Waals surface area (Å²) < 4.78 is 13.4. The van der Waals surface area contributed by atoms with Crippen LogP contribution in [0.3, 0.4) is 0 Å². The van der Waals surface area contributed by atoms with Gasteiger partial charge in [0.1, 0.15) is 11.6 Å². The Balaban J connectivity index is 2.36. The van der Waals surface area contributed by atoms with E-state index in [-0.39, 0.29) is 11.6 Å². The largest absolute Gasteiger partial charge is 0.508 e. The molecular formula is C12H16FNO. The Kier molecular flexibility index (Phi) is 2.91. The molecule has 1 heterocycles. The fourth-order valence-electron chi connectivity index (χ4n) is 2.31. The monoisotopic (exact) mass is 209 g/mol. The van der Waals surface area contributed by atoms with Crippen molar-refractivity contribution in [2.75, 3.05) is 13.1 Å². The van der Waals surface area contributed by atoms with Crippen LogP contribution in [0.4, 0.5) is 4.39 Å². The summed E-state index contributed by atoms with van der Waals surface area (Å²) in [6, 6.07) is 2.79. The maximum absolute atomic E-state index is 13.4. The van der Waals surface area contributed by atoms with Crippen molar-refractivity contribution in [3.8, 4) is 5.75 Å². The van der Waals surface area contributed by atoms with Crippen LogP contribution in [0.15, 0.2) is 12.1 Å². The van der Waals surface area contributed by atoms with Gasteiger partial charge in [0.05, 0.1) is 0 Å². The number of aromatic hydroxyl groups is 1. The molecule has 2 N–H and O–H groups in total. The summed E-state index contributed by atoms with van der Waals surface area (Å²) in [5.74, 6) is 0.309. The first-order valence-corrected chi connectivity index (χ1v) is 5.39. The first kappa shape index (κ1) is 10.4. The molecule has 0 amide bonds. The van der Waals surface area contributed by atoms with Crippen molar-refractivity contribution in [3.63, 3.8) is 0 Å². The fraction of sp³-hybridized carbons (Fsp3) is 0.500. The molecule has 2 nitrogen and oxygen atoms in total. The quantitative estimate of drug-likeness (QED) is 0.744. The molecule has 0 unspecified atom stereocenters. The van der Waals surface area contributed by atoms with Gasteiger partial charge in [-0.2, -0.15) is 0 Å². The lowest BCUT2D eigenvalue weighted by Gasteiger charge is -2.25. The fourth-order valence-corrected chi connectivity index (χ4v) is 2.31. The molecule has 0 radical (unpaired) electrons. The first-order chi connectivity index (χ1) is 7.20. The van der Waals surface area contributed by atoms with Crippen LogP contribution in [0.1, 0.15) is 29.9 Å². The van der Waals surface area contributed by atoms with Crippen LogP contribution >= 0.6 is 0 Å². The number of hydrogen-bond acceptors (Lipinski definition) is 2. The van der Waals surface area contributed by atoms with Crippen LogP contribution in [0, 0.1) is 12.7 Å². The van der Waals surface area contributed by atoms with E-state index in [1.165, 1.54) is 12.1 Å². The standard InChI is InChI=1S/C12H16FNO/c1-8-10(13)2-3-11(15)12(8)9-4-6-14-7-5-9/h2-3,9,14-15H,4-7H2,1H3. The molecule has 0 atom stereocenters. The Hall–Kier alpha value is -1.09. The SMILES string of the molecule is Cc1c(F)ccc(O)c1C1CCNCC1. The van der Waals surface area contributed by atoms with E-state index in [0.29, 0.717) is 11.5 Å². The van der Waals surface area contributed by atoms with Crippen molar-refractivity contribution in [2.45, 2.75) is 25.7 Å². The minimum absolute atomic E-state index is 0.221. The van der Waals surface area contributed by atoms with Gasteiger partial charge in [-0.25, -0.2) is 4.39 Å². The molecule has 1 aliphatic rings. The van der Waals surface area contributed by atoms with E-state index in [0.717, 1.165) is 31.5 Å². The Morgan fingerprint density at radius 3 is 2.67 bits per heavy atom. The van der Waals surface area contributed by atoms with Gasteiger partial charge in [-0.15, -0.1) is 0 Å². The molecule has 1 aromatic rings. The highest BCUT2D eigenvalue weighted by atomic mass is 19.1. The van der Waals surface area contributed by atoms with E-state index in [9.17, 15) is 9.50 Å². The molecule has 3 heteroatoms. The molecule has 1 aliphatic heterocycles. The molecule has 0 saturated carbocycles. The smallest absolute Gasteiger partial charge is 0.126 e. The molecule has 82 valence electrons. The second kappa shape index (κ2) is 4.19. The Morgan fingerprint density at radius 2 is 2.00 bits per heavy atom. The predicted octanol–water partition coefficient (Wildman–Crippen LogP) is 2.31. The molecule has 1 saturated heterocycles. The zero-order valence-electron chi connectivity index (χ0n) is 8.89. The number of piperidine rings is 1. The van der Waals surface area contributed by atoms with Crippen LogP contribution < -0.4 is 5.32 Å². The molecule has 0 bridgehead atoms. The first-order valence-electron chi connectivity index (χ1n) is 5.39. The van der Waals surface area contributed by atoms with Crippen LogP contribution in [-0.4, -0.2) is 18.2 Å². The maximum atomic E-state index is 13.4. The highest BCUT2D eigenvalue weighted by Gasteiger charge is 2.21. The highest BCUT2D eigenvalue weighted by Crippen LogP contribution is 2.35. The van der Waals surface area contributed by atoms with Crippen molar-refractivity contribution in [2.24, 2.45) is 0 Å². The lowest BCUT2D eigenvalue weighted by molar-refractivity contribution is 0.419. The lowest BCUT2D eigenvalue weighted by Crippen LogP contribution is -2.27. The average Bonchev–Trinajstić information content (AvgIpc) is 2.26. The van der Waals surface area contributed by atoms with Gasteiger partial charge >= 0.3 is 0 Å². The number of phenolic OH excluding ortho intramolecular Hbond substituents is 1. The summed E-state index contributed by atoms with van der Waals surface area (Å²) in [5, 5.41) is 13.0. The number of nitrogens with one attached hydrogen (secondary N) is 1. The van der Waals surface area contributed by atoms with Gasteiger partial charge in [0, 0.05) is 5.56 Å². The molecular weight excluding hydrogens is 193 g/mol. The molecule has 1 aromatic carbocycles. The summed E-state index contributed by atoms with van der Waals surface area (Å²) in [6.45, 7) is 3.63. The van der Waals surface area contributed by atoms with Gasteiger partial charge in [0.2, 0.25) is 0 Å². The van der Waals surface area contributed by atoms with Crippen molar-refractivity contribution < 1.29 is 9.50 Å². The lowest BCUT2D eigenvalue weighted by atomic mass is 9.86. The second-order valence-corrected chi connectivity index (χ2v) is 4.13. The summed E-state index contributed by atoms with van der Waals surface area (Å²) in [4.78, 5) is 0. The minimum Gasteiger partial charge on any atom is -0.508 e. The van der Waals surface area contributed by atoms with Gasteiger partial charge in [-0.05, 0) is 56.5 Å². The Bertz CT molecular complexity index is 359. The van der Waals surface area contributed by atoms with Crippen LogP contribution in [0.2, 0.25) is 0 Å². The summed E-state index contributed by atoms with van der Waals surface area (Å²) in [7, 11) is 0. The van der Waals surface area contributed by atoms with Crippen molar-refractivity contribution in [3.05, 3.63) is 29.1 Å². The Labute approximate surface area is 89.1 Å². The van der Waals surface area contributed by atoms with Gasteiger partial charge in [-0.3, -0.25) is 0 Å². The van der Waals surface area contributed by atoms with Crippen LogP contribution in [0.25, 0.3) is 0 Å². The summed E-state index contributed by atoms with van der Waals surface area (Å²) >= 11 is 0. The number of benzene rings is 1. The van der Waals surface area contributed by atoms with Gasteiger partial charge in [0.15, 0.2) is 0 Å². The van der Waals surface area contributed by atoms with E-state index in [1.807, 2.05) is 0 Å². The number of hydrogen-bond donors (Lipinski definition) is 2. The van der Waals surface area contributed by atoms with Gasteiger partial charge < -0.3 is 10.4 Å². The summed E-state index contributed by atoms with van der Waals surface area (Å²) in [5.41, 5.74) is 1.40. The van der Waals surface area contributed by atoms with E-state index in [1.54, 1.807) is 6.92 Å². The average molecular weight is 209 g/mol. The molecule has 15 heavy (non-hydrogen) atoms. The van der Waals surface area contributed by atoms with E-state index in [4.69, 9.17) is 0 Å². The zero-order valence-corrected chi connectivity index (χ0v) is 8.89. The van der Waals surface area contributed by atoms with Crippen molar-refractivity contribution in [1.29, 1.82) is 0 Å². The number of halogens is 1. The number of phenols is 1. The topological polar surface area (TPSA) is 32.3 Å². The van der Waals surface area contributed by atoms with Crippen molar-refractivity contribution in [1.82, 2.24) is 5.32 Å². The molecule has 2 rings (SSSR count). The number of rotatable bonds is 1.